The summed E-state index contributed by atoms with van der Waals surface area (Å²) in [6.07, 6.45) is 67.1. The van der Waals surface area contributed by atoms with Crippen molar-refractivity contribution in [3.05, 3.63) is 60.8 Å². The van der Waals surface area contributed by atoms with Crippen LogP contribution in [0.1, 0.15) is 284 Å². The summed E-state index contributed by atoms with van der Waals surface area (Å²) in [4.78, 5) is 26.2. The molecule has 6 heteroatoms. The summed E-state index contributed by atoms with van der Waals surface area (Å²) in [6.45, 7) is 6.36. The van der Waals surface area contributed by atoms with Crippen LogP contribution >= 0.6 is 0 Å². The summed E-state index contributed by atoms with van der Waals surface area (Å²) >= 11 is 0. The fourth-order valence-corrected chi connectivity index (χ4v) is 8.69. The van der Waals surface area contributed by atoms with Crippen LogP contribution < -0.4 is 5.32 Å². The predicted octanol–water partition coefficient (Wildman–Crippen LogP) is 17.6. The van der Waals surface area contributed by atoms with E-state index in [-0.39, 0.29) is 24.9 Å². The van der Waals surface area contributed by atoms with Crippen LogP contribution in [0, 0.1) is 0 Å². The van der Waals surface area contributed by atoms with Crippen LogP contribution in [-0.2, 0) is 14.3 Å². The maximum Gasteiger partial charge on any atom is 0.306 e. The van der Waals surface area contributed by atoms with E-state index < -0.39 is 18.2 Å². The summed E-state index contributed by atoms with van der Waals surface area (Å²) in [5.74, 6) is -0.512. The topological polar surface area (TPSA) is 95.9 Å². The molecule has 0 aromatic heterocycles. The first kappa shape index (κ1) is 63.6. The number of hydrogen-bond donors (Lipinski definition) is 3. The number of allylic oxidation sites excluding steroid dienone is 10. The lowest BCUT2D eigenvalue weighted by Crippen LogP contribution is -2.46. The SMILES string of the molecule is CC/C=C/C=C/C=C\C=C/C=C/CCCCCC(=O)OC(CCCCCCCCCCCCCCCCC)CC(=O)NC(CO)C(O)CCCCCCCCCCCCCCCCCCC. The molecular weight excluding hydrogens is 815 g/mol. The standard InChI is InChI=1S/C60H109NO5/c1-4-7-10-13-16-19-22-25-28-29-32-34-37-40-43-46-49-52-58(63)57(55-62)61-59(64)54-56(51-48-45-42-39-36-33-30-26-23-20-17-14-11-8-5-2)66-60(65)53-50-47-44-41-38-35-31-27-24-21-18-15-12-9-6-3/h9,12,15,18,21,24,27,31,35,38,56-58,62-63H,4-8,10-11,13-14,16-17,19-20,22-23,25-26,28-30,32-34,36-37,39-55H2,1-3H3,(H,61,64)/b12-9+,18-15+,24-21-,31-27-,38-35+. The lowest BCUT2D eigenvalue weighted by molar-refractivity contribution is -0.151. The molecule has 0 spiro atoms. The van der Waals surface area contributed by atoms with Gasteiger partial charge in [0.25, 0.3) is 0 Å². The second kappa shape index (κ2) is 53.5. The Morgan fingerprint density at radius 1 is 0.455 bits per heavy atom. The number of ether oxygens (including phenoxy) is 1. The van der Waals surface area contributed by atoms with Gasteiger partial charge in [-0.3, -0.25) is 9.59 Å². The van der Waals surface area contributed by atoms with Crippen molar-refractivity contribution in [2.75, 3.05) is 6.61 Å². The maximum absolute atomic E-state index is 13.3. The minimum atomic E-state index is -0.796. The van der Waals surface area contributed by atoms with Crippen molar-refractivity contribution in [2.45, 2.75) is 302 Å². The highest BCUT2D eigenvalue weighted by molar-refractivity contribution is 5.77. The number of aliphatic hydroxyl groups is 2. The zero-order valence-electron chi connectivity index (χ0n) is 43.8. The molecule has 0 radical (unpaired) electrons. The predicted molar refractivity (Wildman–Crippen MR) is 287 cm³/mol. The van der Waals surface area contributed by atoms with Crippen molar-refractivity contribution in [3.8, 4) is 0 Å². The van der Waals surface area contributed by atoms with Gasteiger partial charge in [0, 0.05) is 6.42 Å². The second-order valence-corrected chi connectivity index (χ2v) is 19.4. The molecule has 0 heterocycles. The average Bonchev–Trinajstić information content (AvgIpc) is 3.31. The van der Waals surface area contributed by atoms with E-state index in [1.807, 2.05) is 36.5 Å². The minimum absolute atomic E-state index is 0.0619. The lowest BCUT2D eigenvalue weighted by atomic mass is 10.0. The number of carbonyl (C=O) groups excluding carboxylic acids is 2. The normalized spacial score (nSPS) is 13.6. The third-order valence-electron chi connectivity index (χ3n) is 13.0. The maximum atomic E-state index is 13.3. The molecule has 0 aromatic carbocycles. The van der Waals surface area contributed by atoms with Crippen LogP contribution in [-0.4, -0.2) is 46.9 Å². The van der Waals surface area contributed by atoms with Crippen molar-refractivity contribution in [1.29, 1.82) is 0 Å². The van der Waals surface area contributed by atoms with E-state index in [0.29, 0.717) is 19.3 Å². The van der Waals surface area contributed by atoms with Gasteiger partial charge in [-0.15, -0.1) is 0 Å². The van der Waals surface area contributed by atoms with Crippen LogP contribution in [0.2, 0.25) is 0 Å². The van der Waals surface area contributed by atoms with E-state index in [1.165, 1.54) is 167 Å². The Hall–Kier alpha value is -2.44. The third-order valence-corrected chi connectivity index (χ3v) is 13.0. The van der Waals surface area contributed by atoms with Gasteiger partial charge >= 0.3 is 5.97 Å². The highest BCUT2D eigenvalue weighted by Crippen LogP contribution is 2.19. The van der Waals surface area contributed by atoms with Gasteiger partial charge in [0.2, 0.25) is 5.91 Å². The van der Waals surface area contributed by atoms with Gasteiger partial charge in [0.15, 0.2) is 0 Å². The van der Waals surface area contributed by atoms with E-state index in [0.717, 1.165) is 70.6 Å². The molecule has 0 aliphatic carbocycles. The first-order valence-corrected chi connectivity index (χ1v) is 28.6. The molecule has 1 amide bonds. The molecule has 66 heavy (non-hydrogen) atoms. The summed E-state index contributed by atoms with van der Waals surface area (Å²) in [6, 6.07) is -0.711. The van der Waals surface area contributed by atoms with Gasteiger partial charge in [-0.2, -0.15) is 0 Å². The van der Waals surface area contributed by atoms with Crippen molar-refractivity contribution >= 4 is 11.9 Å². The first-order chi connectivity index (χ1) is 32.5. The molecule has 0 fully saturated rings. The number of rotatable bonds is 51. The van der Waals surface area contributed by atoms with E-state index in [2.05, 4.69) is 50.4 Å². The molecule has 0 aromatic rings. The number of amides is 1. The summed E-state index contributed by atoms with van der Waals surface area (Å²) in [7, 11) is 0. The first-order valence-electron chi connectivity index (χ1n) is 28.6. The second-order valence-electron chi connectivity index (χ2n) is 19.4. The van der Waals surface area contributed by atoms with Crippen LogP contribution in [0.25, 0.3) is 0 Å². The Labute approximate surface area is 409 Å². The molecule has 0 bridgehead atoms. The smallest absolute Gasteiger partial charge is 0.306 e. The minimum Gasteiger partial charge on any atom is -0.462 e. The molecule has 6 nitrogen and oxygen atoms in total. The molecule has 0 saturated heterocycles. The van der Waals surface area contributed by atoms with Crippen LogP contribution in [0.3, 0.4) is 0 Å². The van der Waals surface area contributed by atoms with Gasteiger partial charge in [-0.25, -0.2) is 0 Å². The van der Waals surface area contributed by atoms with Gasteiger partial charge in [0.05, 0.1) is 25.2 Å². The van der Waals surface area contributed by atoms with Crippen molar-refractivity contribution in [2.24, 2.45) is 0 Å². The third kappa shape index (κ3) is 48.0. The van der Waals surface area contributed by atoms with Crippen molar-refractivity contribution in [1.82, 2.24) is 5.32 Å². The molecule has 0 rings (SSSR count). The summed E-state index contributed by atoms with van der Waals surface area (Å²) in [5, 5.41) is 23.9. The lowest BCUT2D eigenvalue weighted by Gasteiger charge is -2.24. The Kier molecular flexibility index (Phi) is 51.5. The monoisotopic (exact) mass is 924 g/mol. The van der Waals surface area contributed by atoms with E-state index in [4.69, 9.17) is 4.74 Å². The van der Waals surface area contributed by atoms with Gasteiger partial charge < -0.3 is 20.3 Å². The molecule has 384 valence electrons. The van der Waals surface area contributed by atoms with E-state index in [1.54, 1.807) is 0 Å². The number of aliphatic hydroxyl groups excluding tert-OH is 2. The fraction of sp³-hybridized carbons (Fsp3) is 0.800. The molecule has 0 aliphatic heterocycles. The number of hydrogen-bond acceptors (Lipinski definition) is 5. The zero-order chi connectivity index (χ0) is 48.1. The average molecular weight is 925 g/mol. The number of esters is 1. The van der Waals surface area contributed by atoms with E-state index in [9.17, 15) is 19.8 Å². The highest BCUT2D eigenvalue weighted by atomic mass is 16.5. The Morgan fingerprint density at radius 3 is 1.23 bits per heavy atom. The quantitative estimate of drug-likeness (QED) is 0.0321. The molecule has 3 unspecified atom stereocenters. The van der Waals surface area contributed by atoms with Gasteiger partial charge in [-0.05, 0) is 44.9 Å². The zero-order valence-corrected chi connectivity index (χ0v) is 43.8. The van der Waals surface area contributed by atoms with Crippen molar-refractivity contribution < 1.29 is 24.5 Å². The number of nitrogens with one attached hydrogen (secondary N) is 1. The molecule has 3 N–H and O–H groups in total. The Bertz CT molecular complexity index is 1170. The highest BCUT2D eigenvalue weighted by Gasteiger charge is 2.24. The van der Waals surface area contributed by atoms with Crippen LogP contribution in [0.15, 0.2) is 60.8 Å². The molecule has 3 atom stereocenters. The largest absolute Gasteiger partial charge is 0.462 e. The molecular formula is C60H109NO5. The van der Waals surface area contributed by atoms with Crippen molar-refractivity contribution in [3.63, 3.8) is 0 Å². The Balaban J connectivity index is 4.58. The van der Waals surface area contributed by atoms with Crippen LogP contribution in [0.5, 0.6) is 0 Å². The molecule has 0 saturated carbocycles. The van der Waals surface area contributed by atoms with Crippen LogP contribution in [0.4, 0.5) is 0 Å². The molecule has 0 aliphatic rings. The number of carbonyl (C=O) groups is 2. The fourth-order valence-electron chi connectivity index (χ4n) is 8.69. The Morgan fingerprint density at radius 2 is 0.818 bits per heavy atom. The van der Waals surface area contributed by atoms with Gasteiger partial charge in [-0.1, -0.05) is 287 Å². The van der Waals surface area contributed by atoms with E-state index >= 15 is 0 Å². The summed E-state index contributed by atoms with van der Waals surface area (Å²) in [5.41, 5.74) is 0. The summed E-state index contributed by atoms with van der Waals surface area (Å²) < 4.78 is 5.94. The number of unbranched alkanes of at least 4 members (excludes halogenated alkanes) is 33. The van der Waals surface area contributed by atoms with Gasteiger partial charge in [0.1, 0.15) is 6.10 Å².